The van der Waals surface area contributed by atoms with E-state index in [1.165, 1.54) is 17.8 Å². The Morgan fingerprint density at radius 3 is 2.88 bits per heavy atom. The molecular weight excluding hydrogens is 242 g/mol. The summed E-state index contributed by atoms with van der Waals surface area (Å²) in [7, 11) is 0. The molecular formula is C11H17NO2S2. The zero-order chi connectivity index (χ0) is 12.1. The Labute approximate surface area is 104 Å². The number of nitrogens with zero attached hydrogens (tertiary/aromatic N) is 1. The van der Waals surface area contributed by atoms with Gasteiger partial charge in [0.2, 0.25) is 0 Å². The van der Waals surface area contributed by atoms with E-state index in [1.54, 1.807) is 11.8 Å². The molecule has 0 aliphatic carbocycles. The molecule has 0 saturated carbocycles. The molecule has 0 radical (unpaired) electrons. The van der Waals surface area contributed by atoms with Crippen LogP contribution in [0.5, 0.6) is 0 Å². The van der Waals surface area contributed by atoms with Crippen molar-refractivity contribution in [3.05, 3.63) is 10.6 Å². The first kappa shape index (κ1) is 13.5. The van der Waals surface area contributed by atoms with Crippen LogP contribution in [0, 0.1) is 6.92 Å². The number of rotatable bonds is 6. The molecule has 1 aromatic heterocycles. The largest absolute Gasteiger partial charge is 0.481 e. The Morgan fingerprint density at radius 2 is 2.31 bits per heavy atom. The number of carbonyl (C=O) groups is 1. The lowest BCUT2D eigenvalue weighted by Gasteiger charge is -2.05. The van der Waals surface area contributed by atoms with Gasteiger partial charge in [-0.05, 0) is 13.3 Å². The van der Waals surface area contributed by atoms with Crippen LogP contribution in [0.2, 0.25) is 0 Å². The van der Waals surface area contributed by atoms with Gasteiger partial charge >= 0.3 is 5.97 Å². The SMILES string of the molecule is CCCC(C)Sc1nc(C)c(CC(=O)O)s1. The molecule has 1 aromatic rings. The number of carboxylic acids is 1. The van der Waals surface area contributed by atoms with Gasteiger partial charge in [-0.25, -0.2) is 4.98 Å². The summed E-state index contributed by atoms with van der Waals surface area (Å²) in [5.41, 5.74) is 0.860. The van der Waals surface area contributed by atoms with Crippen LogP contribution >= 0.6 is 23.1 Å². The van der Waals surface area contributed by atoms with Crippen LogP contribution in [0.4, 0.5) is 0 Å². The summed E-state index contributed by atoms with van der Waals surface area (Å²) in [4.78, 5) is 15.9. The van der Waals surface area contributed by atoms with E-state index in [0.717, 1.165) is 21.3 Å². The van der Waals surface area contributed by atoms with Gasteiger partial charge in [0.1, 0.15) is 0 Å². The van der Waals surface area contributed by atoms with Gasteiger partial charge < -0.3 is 5.11 Å². The second-order valence-corrected chi connectivity index (χ2v) is 6.55. The van der Waals surface area contributed by atoms with Gasteiger partial charge in [-0.15, -0.1) is 11.3 Å². The monoisotopic (exact) mass is 259 g/mol. The highest BCUT2D eigenvalue weighted by Crippen LogP contribution is 2.31. The van der Waals surface area contributed by atoms with Gasteiger partial charge in [-0.2, -0.15) is 0 Å². The smallest absolute Gasteiger partial charge is 0.308 e. The second kappa shape index (κ2) is 6.25. The van der Waals surface area contributed by atoms with Crippen LogP contribution in [0.25, 0.3) is 0 Å². The van der Waals surface area contributed by atoms with Gasteiger partial charge in [0.25, 0.3) is 0 Å². The predicted octanol–water partition coefficient (Wildman–Crippen LogP) is 3.36. The number of hydrogen-bond acceptors (Lipinski definition) is 4. The van der Waals surface area contributed by atoms with Crippen LogP contribution in [-0.4, -0.2) is 21.3 Å². The minimum atomic E-state index is -0.787. The van der Waals surface area contributed by atoms with Crippen molar-refractivity contribution in [3.63, 3.8) is 0 Å². The zero-order valence-electron chi connectivity index (χ0n) is 9.82. The fourth-order valence-corrected chi connectivity index (χ4v) is 4.05. The summed E-state index contributed by atoms with van der Waals surface area (Å²) >= 11 is 3.26. The molecule has 1 rings (SSSR count). The molecule has 3 nitrogen and oxygen atoms in total. The summed E-state index contributed by atoms with van der Waals surface area (Å²) in [5.74, 6) is -0.787. The van der Waals surface area contributed by atoms with E-state index >= 15 is 0 Å². The molecule has 0 aromatic carbocycles. The van der Waals surface area contributed by atoms with Crippen LogP contribution < -0.4 is 0 Å². The van der Waals surface area contributed by atoms with Crippen LogP contribution in [0.3, 0.4) is 0 Å². The molecule has 5 heteroatoms. The van der Waals surface area contributed by atoms with Crippen LogP contribution in [0.15, 0.2) is 4.34 Å². The first-order valence-corrected chi connectivity index (χ1v) is 7.07. The lowest BCUT2D eigenvalue weighted by Crippen LogP contribution is -1.99. The van der Waals surface area contributed by atoms with E-state index < -0.39 is 5.97 Å². The molecule has 1 atom stereocenters. The quantitative estimate of drug-likeness (QED) is 0.796. The third-order valence-electron chi connectivity index (χ3n) is 2.18. The Morgan fingerprint density at radius 1 is 1.62 bits per heavy atom. The maximum atomic E-state index is 10.6. The Kier molecular flexibility index (Phi) is 5.28. The molecule has 0 aliphatic rings. The van der Waals surface area contributed by atoms with Crippen molar-refractivity contribution in [3.8, 4) is 0 Å². The lowest BCUT2D eigenvalue weighted by molar-refractivity contribution is -0.136. The third-order valence-corrected chi connectivity index (χ3v) is 4.60. The van der Waals surface area contributed by atoms with Crippen molar-refractivity contribution >= 4 is 29.1 Å². The molecule has 0 aliphatic heterocycles. The number of aliphatic carboxylic acids is 1. The Balaban J connectivity index is 2.65. The van der Waals surface area contributed by atoms with E-state index in [4.69, 9.17) is 5.11 Å². The first-order valence-electron chi connectivity index (χ1n) is 5.37. The van der Waals surface area contributed by atoms with E-state index in [2.05, 4.69) is 18.8 Å². The first-order chi connectivity index (χ1) is 7.52. The van der Waals surface area contributed by atoms with Crippen molar-refractivity contribution in [2.24, 2.45) is 0 Å². The van der Waals surface area contributed by atoms with Gasteiger partial charge in [-0.3, -0.25) is 4.79 Å². The molecule has 0 fully saturated rings. The van der Waals surface area contributed by atoms with Crippen LogP contribution in [0.1, 0.15) is 37.3 Å². The Hall–Kier alpha value is -0.550. The van der Waals surface area contributed by atoms with Crippen molar-refractivity contribution < 1.29 is 9.90 Å². The van der Waals surface area contributed by atoms with Crippen LogP contribution in [-0.2, 0) is 11.2 Å². The fourth-order valence-electron chi connectivity index (χ4n) is 1.39. The predicted molar refractivity (Wildman–Crippen MR) is 68.4 cm³/mol. The van der Waals surface area contributed by atoms with Gasteiger partial charge in [0.05, 0.1) is 12.1 Å². The molecule has 0 amide bonds. The average molecular weight is 259 g/mol. The lowest BCUT2D eigenvalue weighted by atomic mass is 10.3. The minimum Gasteiger partial charge on any atom is -0.481 e. The summed E-state index contributed by atoms with van der Waals surface area (Å²) in [6, 6.07) is 0. The molecule has 1 heterocycles. The molecule has 16 heavy (non-hydrogen) atoms. The standard InChI is InChI=1S/C11H17NO2S2/c1-4-5-7(2)15-11-12-8(3)9(16-11)6-10(13)14/h7H,4-6H2,1-3H3,(H,13,14). The molecule has 90 valence electrons. The number of hydrogen-bond donors (Lipinski definition) is 1. The highest BCUT2D eigenvalue weighted by molar-refractivity contribution is 8.01. The van der Waals surface area contributed by atoms with Crippen molar-refractivity contribution in [1.82, 2.24) is 4.98 Å². The zero-order valence-corrected chi connectivity index (χ0v) is 11.5. The van der Waals surface area contributed by atoms with Gasteiger partial charge in [0.15, 0.2) is 4.34 Å². The number of aromatic nitrogens is 1. The molecule has 1 N–H and O–H groups in total. The summed E-state index contributed by atoms with van der Waals surface area (Å²) in [5, 5.41) is 9.29. The highest BCUT2D eigenvalue weighted by Gasteiger charge is 2.13. The third kappa shape index (κ3) is 4.14. The number of aryl methyl sites for hydroxylation is 1. The average Bonchev–Trinajstić information content (AvgIpc) is 2.45. The van der Waals surface area contributed by atoms with E-state index in [0.29, 0.717) is 5.25 Å². The van der Waals surface area contributed by atoms with E-state index in [1.807, 2.05) is 6.92 Å². The van der Waals surface area contributed by atoms with Gasteiger partial charge in [-0.1, -0.05) is 32.0 Å². The maximum absolute atomic E-state index is 10.6. The molecule has 0 spiro atoms. The van der Waals surface area contributed by atoms with E-state index in [-0.39, 0.29) is 6.42 Å². The number of thiazole rings is 1. The molecule has 0 bridgehead atoms. The van der Waals surface area contributed by atoms with Crippen molar-refractivity contribution in [2.75, 3.05) is 0 Å². The normalized spacial score (nSPS) is 12.7. The highest BCUT2D eigenvalue weighted by atomic mass is 32.2. The minimum absolute atomic E-state index is 0.0895. The van der Waals surface area contributed by atoms with Gasteiger partial charge in [0, 0.05) is 10.1 Å². The number of carboxylic acid groups (broad SMARTS) is 1. The summed E-state index contributed by atoms with van der Waals surface area (Å²) in [6.45, 7) is 6.23. The number of thioether (sulfide) groups is 1. The molecule has 1 unspecified atom stereocenters. The summed E-state index contributed by atoms with van der Waals surface area (Å²) < 4.78 is 0.995. The summed E-state index contributed by atoms with van der Waals surface area (Å²) in [6.07, 6.45) is 2.42. The van der Waals surface area contributed by atoms with Crippen molar-refractivity contribution in [2.45, 2.75) is 49.6 Å². The second-order valence-electron chi connectivity index (χ2n) is 3.78. The van der Waals surface area contributed by atoms with Crippen molar-refractivity contribution in [1.29, 1.82) is 0 Å². The maximum Gasteiger partial charge on any atom is 0.308 e. The molecule has 0 saturated heterocycles. The Bertz CT molecular complexity index is 363. The van der Waals surface area contributed by atoms with E-state index in [9.17, 15) is 4.79 Å². The topological polar surface area (TPSA) is 50.2 Å². The fraction of sp³-hybridized carbons (Fsp3) is 0.636.